The minimum absolute atomic E-state index is 0.0885. The molecule has 1 N–H and O–H groups in total. The normalized spacial score (nSPS) is 29.6. The first kappa shape index (κ1) is 14.3. The van der Waals surface area contributed by atoms with E-state index in [4.69, 9.17) is 0 Å². The molecule has 2 rings (SSSR count). The first-order valence-electron chi connectivity index (χ1n) is 7.01. The molecular formula is C13H25NO3S. The molecule has 5 heteroatoms. The molecule has 0 aromatic rings. The monoisotopic (exact) mass is 275 g/mol. The third-order valence-corrected chi connectivity index (χ3v) is 5.94. The first-order chi connectivity index (χ1) is 8.45. The molecule has 18 heavy (non-hydrogen) atoms. The SMILES string of the molecule is CS(=O)(=O)N1CCCC(CC2(CO)CCCC2)C1. The molecule has 4 nitrogen and oxygen atoms in total. The molecule has 0 bridgehead atoms. The van der Waals surface area contributed by atoms with Crippen LogP contribution in [0.3, 0.4) is 0 Å². The molecule has 106 valence electrons. The van der Waals surface area contributed by atoms with Crippen LogP contribution >= 0.6 is 0 Å². The number of nitrogens with zero attached hydrogens (tertiary/aromatic N) is 1. The van der Waals surface area contributed by atoms with Gasteiger partial charge in [-0.2, -0.15) is 0 Å². The van der Waals surface area contributed by atoms with Crippen molar-refractivity contribution in [1.82, 2.24) is 4.31 Å². The van der Waals surface area contributed by atoms with E-state index in [0.29, 0.717) is 19.0 Å². The van der Waals surface area contributed by atoms with E-state index in [-0.39, 0.29) is 12.0 Å². The molecule has 2 fully saturated rings. The van der Waals surface area contributed by atoms with E-state index in [1.54, 1.807) is 4.31 Å². The van der Waals surface area contributed by atoms with E-state index in [0.717, 1.165) is 32.1 Å². The van der Waals surface area contributed by atoms with Crippen LogP contribution in [0.4, 0.5) is 0 Å². The van der Waals surface area contributed by atoms with Gasteiger partial charge in [0.1, 0.15) is 0 Å². The van der Waals surface area contributed by atoms with Gasteiger partial charge in [-0.15, -0.1) is 0 Å². The summed E-state index contributed by atoms with van der Waals surface area (Å²) in [5.74, 6) is 0.429. The third kappa shape index (κ3) is 3.25. The smallest absolute Gasteiger partial charge is 0.211 e. The maximum atomic E-state index is 11.6. The summed E-state index contributed by atoms with van der Waals surface area (Å²) in [6.07, 6.45) is 9.00. The summed E-state index contributed by atoms with van der Waals surface area (Å²) >= 11 is 0. The minimum Gasteiger partial charge on any atom is -0.396 e. The number of hydrogen-bond acceptors (Lipinski definition) is 3. The zero-order valence-electron chi connectivity index (χ0n) is 11.3. The fourth-order valence-corrected chi connectivity index (χ4v) is 4.60. The summed E-state index contributed by atoms with van der Waals surface area (Å²) < 4.78 is 24.8. The quantitative estimate of drug-likeness (QED) is 0.848. The van der Waals surface area contributed by atoms with Crippen molar-refractivity contribution in [3.8, 4) is 0 Å². The topological polar surface area (TPSA) is 57.6 Å². The highest BCUT2D eigenvalue weighted by Crippen LogP contribution is 2.44. The Kier molecular flexibility index (Phi) is 4.34. The van der Waals surface area contributed by atoms with Gasteiger partial charge in [-0.1, -0.05) is 12.8 Å². The van der Waals surface area contributed by atoms with E-state index in [9.17, 15) is 13.5 Å². The van der Waals surface area contributed by atoms with Crippen molar-refractivity contribution in [3.05, 3.63) is 0 Å². The number of sulfonamides is 1. The Morgan fingerprint density at radius 2 is 1.94 bits per heavy atom. The lowest BCUT2D eigenvalue weighted by atomic mass is 9.76. The Bertz CT molecular complexity index is 374. The zero-order chi connectivity index (χ0) is 13.2. The standard InChI is InChI=1S/C13H25NO3S/c1-18(16,17)14-8-4-5-12(10-14)9-13(11-15)6-2-3-7-13/h12,15H,2-11H2,1H3. The van der Waals surface area contributed by atoms with Crippen LogP contribution in [0.25, 0.3) is 0 Å². The Morgan fingerprint density at radius 3 is 2.50 bits per heavy atom. The molecule has 1 heterocycles. The van der Waals surface area contributed by atoms with Crippen LogP contribution in [0.5, 0.6) is 0 Å². The lowest BCUT2D eigenvalue weighted by Gasteiger charge is -2.36. The van der Waals surface area contributed by atoms with Crippen LogP contribution in [0.2, 0.25) is 0 Å². The molecule has 1 aliphatic heterocycles. The van der Waals surface area contributed by atoms with Crippen LogP contribution in [-0.4, -0.2) is 43.8 Å². The highest BCUT2D eigenvalue weighted by atomic mass is 32.2. The van der Waals surface area contributed by atoms with Gasteiger partial charge in [0.2, 0.25) is 10.0 Å². The molecule has 0 radical (unpaired) electrons. The summed E-state index contributed by atoms with van der Waals surface area (Å²) in [5, 5.41) is 9.64. The molecular weight excluding hydrogens is 250 g/mol. The molecule has 1 atom stereocenters. The molecule has 1 aliphatic carbocycles. The Labute approximate surface area is 110 Å². The summed E-state index contributed by atoms with van der Waals surface area (Å²) in [4.78, 5) is 0. The van der Waals surface area contributed by atoms with Crippen molar-refractivity contribution in [3.63, 3.8) is 0 Å². The average molecular weight is 275 g/mol. The van der Waals surface area contributed by atoms with Crippen LogP contribution in [0, 0.1) is 11.3 Å². The second kappa shape index (κ2) is 5.47. The van der Waals surface area contributed by atoms with Crippen LogP contribution in [0.1, 0.15) is 44.9 Å². The summed E-state index contributed by atoms with van der Waals surface area (Å²) in [5.41, 5.74) is 0.0885. The van der Waals surface area contributed by atoms with Gasteiger partial charge in [0.05, 0.1) is 6.26 Å². The fraction of sp³-hybridized carbons (Fsp3) is 1.00. The largest absolute Gasteiger partial charge is 0.396 e. The number of hydrogen-bond donors (Lipinski definition) is 1. The molecule has 1 unspecified atom stereocenters. The Hall–Kier alpha value is -0.130. The molecule has 0 spiro atoms. The number of piperidine rings is 1. The first-order valence-corrected chi connectivity index (χ1v) is 8.86. The second-order valence-electron chi connectivity index (χ2n) is 6.20. The van der Waals surface area contributed by atoms with Crippen LogP contribution in [0.15, 0.2) is 0 Å². The number of aliphatic hydroxyl groups excluding tert-OH is 1. The number of aliphatic hydroxyl groups is 1. The lowest BCUT2D eigenvalue weighted by molar-refractivity contribution is 0.0864. The highest BCUT2D eigenvalue weighted by Gasteiger charge is 2.37. The van der Waals surface area contributed by atoms with E-state index in [1.807, 2.05) is 0 Å². The molecule has 2 aliphatic rings. The summed E-state index contributed by atoms with van der Waals surface area (Å²) in [6.45, 7) is 1.59. The Balaban J connectivity index is 1.97. The Morgan fingerprint density at radius 1 is 1.28 bits per heavy atom. The van der Waals surface area contributed by atoms with E-state index >= 15 is 0 Å². The van der Waals surface area contributed by atoms with Crippen LogP contribution < -0.4 is 0 Å². The van der Waals surface area contributed by atoms with Crippen molar-refractivity contribution in [2.24, 2.45) is 11.3 Å². The van der Waals surface area contributed by atoms with Gasteiger partial charge in [-0.05, 0) is 43.4 Å². The maximum Gasteiger partial charge on any atom is 0.211 e. The van der Waals surface area contributed by atoms with Crippen molar-refractivity contribution in [1.29, 1.82) is 0 Å². The molecule has 1 saturated carbocycles. The van der Waals surface area contributed by atoms with Gasteiger partial charge in [0, 0.05) is 19.7 Å². The van der Waals surface area contributed by atoms with Gasteiger partial charge in [-0.25, -0.2) is 12.7 Å². The number of rotatable bonds is 4. The van der Waals surface area contributed by atoms with Crippen LogP contribution in [-0.2, 0) is 10.0 Å². The molecule has 0 amide bonds. The van der Waals surface area contributed by atoms with Gasteiger partial charge in [0.25, 0.3) is 0 Å². The minimum atomic E-state index is -3.05. The van der Waals surface area contributed by atoms with Crippen molar-refractivity contribution in [2.75, 3.05) is 26.0 Å². The molecule has 1 saturated heterocycles. The van der Waals surface area contributed by atoms with E-state index in [2.05, 4.69) is 0 Å². The maximum absolute atomic E-state index is 11.6. The molecule has 0 aromatic heterocycles. The average Bonchev–Trinajstić information content (AvgIpc) is 2.77. The highest BCUT2D eigenvalue weighted by molar-refractivity contribution is 7.88. The third-order valence-electron chi connectivity index (χ3n) is 4.67. The van der Waals surface area contributed by atoms with Crippen molar-refractivity contribution < 1.29 is 13.5 Å². The van der Waals surface area contributed by atoms with Gasteiger partial charge in [0.15, 0.2) is 0 Å². The lowest BCUT2D eigenvalue weighted by Crippen LogP contribution is -2.41. The van der Waals surface area contributed by atoms with Gasteiger partial charge >= 0.3 is 0 Å². The van der Waals surface area contributed by atoms with Gasteiger partial charge < -0.3 is 5.11 Å². The second-order valence-corrected chi connectivity index (χ2v) is 8.18. The van der Waals surface area contributed by atoms with E-state index in [1.165, 1.54) is 19.1 Å². The van der Waals surface area contributed by atoms with Crippen molar-refractivity contribution >= 4 is 10.0 Å². The zero-order valence-corrected chi connectivity index (χ0v) is 12.1. The van der Waals surface area contributed by atoms with Gasteiger partial charge in [-0.3, -0.25) is 0 Å². The summed E-state index contributed by atoms with van der Waals surface area (Å²) in [6, 6.07) is 0. The fourth-order valence-electron chi connectivity index (χ4n) is 3.66. The summed E-state index contributed by atoms with van der Waals surface area (Å²) in [7, 11) is -3.05. The van der Waals surface area contributed by atoms with E-state index < -0.39 is 10.0 Å². The predicted octanol–water partition coefficient (Wildman–Crippen LogP) is 1.60. The predicted molar refractivity (Wildman–Crippen MR) is 71.7 cm³/mol. The molecule has 0 aromatic carbocycles. The van der Waals surface area contributed by atoms with Crippen molar-refractivity contribution in [2.45, 2.75) is 44.9 Å².